The lowest BCUT2D eigenvalue weighted by molar-refractivity contribution is 0.0706. The van der Waals surface area contributed by atoms with E-state index in [1.54, 1.807) is 18.7 Å². The SMILES string of the molecule is Cc1nc2cc(C(=O)N3CCC[C@@H](c4ncncc4-c4ccncc4)C3)ccc2n1C. The minimum absolute atomic E-state index is 0.0504. The number of likely N-dealkylation sites (tertiary alicyclic amines) is 1. The molecule has 1 amide bonds. The Kier molecular flexibility index (Phi) is 4.94. The molecule has 0 radical (unpaired) electrons. The molecule has 3 aromatic heterocycles. The smallest absolute Gasteiger partial charge is 0.253 e. The summed E-state index contributed by atoms with van der Waals surface area (Å²) in [5.41, 5.74) is 5.63. The lowest BCUT2D eigenvalue weighted by atomic mass is 9.90. The first-order valence-corrected chi connectivity index (χ1v) is 10.5. The first-order valence-electron chi connectivity index (χ1n) is 10.5. The number of nitrogens with zero attached hydrogens (tertiary/aromatic N) is 6. The number of carbonyl (C=O) groups is 1. The Bertz CT molecular complexity index is 1250. The van der Waals surface area contributed by atoms with Crippen LogP contribution in [0.5, 0.6) is 0 Å². The highest BCUT2D eigenvalue weighted by Gasteiger charge is 2.28. The van der Waals surface area contributed by atoms with Crippen LogP contribution in [0.25, 0.3) is 22.2 Å². The van der Waals surface area contributed by atoms with Gasteiger partial charge in [-0.15, -0.1) is 0 Å². The Morgan fingerprint density at radius 2 is 1.97 bits per heavy atom. The second-order valence-corrected chi connectivity index (χ2v) is 8.07. The first-order chi connectivity index (χ1) is 15.1. The van der Waals surface area contributed by atoms with Crippen LogP contribution in [0.2, 0.25) is 0 Å². The number of rotatable bonds is 3. The molecule has 1 aromatic carbocycles. The summed E-state index contributed by atoms with van der Waals surface area (Å²) >= 11 is 0. The fourth-order valence-corrected chi connectivity index (χ4v) is 4.44. The summed E-state index contributed by atoms with van der Waals surface area (Å²) in [6.07, 6.45) is 8.95. The molecular weight excluding hydrogens is 388 g/mol. The third-order valence-corrected chi connectivity index (χ3v) is 6.18. The van der Waals surface area contributed by atoms with Crippen LogP contribution < -0.4 is 0 Å². The van der Waals surface area contributed by atoms with Gasteiger partial charge in [0.2, 0.25) is 0 Å². The molecule has 0 aliphatic carbocycles. The van der Waals surface area contributed by atoms with Gasteiger partial charge >= 0.3 is 0 Å². The maximum Gasteiger partial charge on any atom is 0.253 e. The van der Waals surface area contributed by atoms with E-state index in [-0.39, 0.29) is 11.8 Å². The number of carbonyl (C=O) groups excluding carboxylic acids is 1. The van der Waals surface area contributed by atoms with E-state index in [1.807, 2.05) is 60.0 Å². The molecule has 0 spiro atoms. The first kappa shape index (κ1) is 19.4. The summed E-state index contributed by atoms with van der Waals surface area (Å²) in [7, 11) is 1.99. The molecule has 5 rings (SSSR count). The van der Waals surface area contributed by atoms with Crippen molar-refractivity contribution in [3.63, 3.8) is 0 Å². The molecule has 0 bridgehead atoms. The molecule has 1 aliphatic rings. The van der Waals surface area contributed by atoms with Gasteiger partial charge in [-0.2, -0.15) is 0 Å². The summed E-state index contributed by atoms with van der Waals surface area (Å²) < 4.78 is 2.04. The summed E-state index contributed by atoms with van der Waals surface area (Å²) in [6, 6.07) is 9.73. The van der Waals surface area contributed by atoms with Crippen LogP contribution >= 0.6 is 0 Å². The number of aromatic nitrogens is 5. The average molecular weight is 412 g/mol. The standard InChI is InChI=1S/C24H24N6O/c1-16-28-21-12-18(5-6-22(21)29(16)2)24(31)30-11-3-4-19(14-30)23-20(13-26-15-27-23)17-7-9-25-10-8-17/h5-10,12-13,15,19H,3-4,11,14H2,1-2H3/t19-/m1/s1. The van der Waals surface area contributed by atoms with E-state index in [1.165, 1.54) is 0 Å². The van der Waals surface area contributed by atoms with Crippen LogP contribution in [0.3, 0.4) is 0 Å². The second kappa shape index (κ2) is 7.91. The van der Waals surface area contributed by atoms with Crippen molar-refractivity contribution < 1.29 is 4.79 Å². The van der Waals surface area contributed by atoms with Gasteiger partial charge < -0.3 is 9.47 Å². The van der Waals surface area contributed by atoms with E-state index in [4.69, 9.17) is 0 Å². The van der Waals surface area contributed by atoms with Gasteiger partial charge in [-0.05, 0) is 55.7 Å². The fraction of sp³-hybridized carbons (Fsp3) is 0.292. The van der Waals surface area contributed by atoms with E-state index in [9.17, 15) is 4.79 Å². The predicted molar refractivity (Wildman–Crippen MR) is 119 cm³/mol. The van der Waals surface area contributed by atoms with Gasteiger partial charge in [0.15, 0.2) is 0 Å². The van der Waals surface area contributed by atoms with E-state index in [0.717, 1.165) is 53.1 Å². The molecule has 0 N–H and O–H groups in total. The second-order valence-electron chi connectivity index (χ2n) is 8.07. The number of fused-ring (bicyclic) bond motifs is 1. The van der Waals surface area contributed by atoms with Crippen molar-refractivity contribution in [3.8, 4) is 11.1 Å². The molecule has 1 saturated heterocycles. The molecule has 0 saturated carbocycles. The van der Waals surface area contributed by atoms with Gasteiger partial charge in [0.25, 0.3) is 5.91 Å². The lowest BCUT2D eigenvalue weighted by Gasteiger charge is -2.33. The fourth-order valence-electron chi connectivity index (χ4n) is 4.44. The van der Waals surface area contributed by atoms with Crippen molar-refractivity contribution >= 4 is 16.9 Å². The number of piperidine rings is 1. The zero-order chi connectivity index (χ0) is 21.4. The van der Waals surface area contributed by atoms with Gasteiger partial charge in [-0.25, -0.2) is 15.0 Å². The highest BCUT2D eigenvalue weighted by Crippen LogP contribution is 2.33. The number of benzene rings is 1. The van der Waals surface area contributed by atoms with Crippen molar-refractivity contribution in [2.75, 3.05) is 13.1 Å². The number of aryl methyl sites for hydroxylation is 2. The largest absolute Gasteiger partial charge is 0.338 e. The Balaban J connectivity index is 1.42. The molecule has 31 heavy (non-hydrogen) atoms. The predicted octanol–water partition coefficient (Wildman–Crippen LogP) is 3.75. The zero-order valence-corrected chi connectivity index (χ0v) is 17.7. The van der Waals surface area contributed by atoms with Crippen molar-refractivity contribution in [1.29, 1.82) is 0 Å². The third kappa shape index (κ3) is 3.56. The van der Waals surface area contributed by atoms with Crippen LogP contribution in [0.4, 0.5) is 0 Å². The number of hydrogen-bond acceptors (Lipinski definition) is 5. The summed E-state index contributed by atoms with van der Waals surface area (Å²) in [6.45, 7) is 3.37. The number of amides is 1. The molecule has 7 nitrogen and oxygen atoms in total. The van der Waals surface area contributed by atoms with Gasteiger partial charge in [0.05, 0.1) is 16.7 Å². The Labute approximate surface area is 180 Å². The Morgan fingerprint density at radius 1 is 1.13 bits per heavy atom. The van der Waals surface area contributed by atoms with Crippen LogP contribution in [-0.4, -0.2) is 48.4 Å². The van der Waals surface area contributed by atoms with E-state index in [2.05, 4.69) is 19.9 Å². The minimum Gasteiger partial charge on any atom is -0.338 e. The van der Waals surface area contributed by atoms with Crippen molar-refractivity contribution in [1.82, 2.24) is 29.4 Å². The maximum absolute atomic E-state index is 13.3. The van der Waals surface area contributed by atoms with Gasteiger partial charge in [0, 0.05) is 55.8 Å². The van der Waals surface area contributed by atoms with Crippen molar-refractivity contribution in [3.05, 3.63) is 72.3 Å². The quantitative estimate of drug-likeness (QED) is 0.512. The zero-order valence-electron chi connectivity index (χ0n) is 17.7. The van der Waals surface area contributed by atoms with Crippen LogP contribution in [-0.2, 0) is 7.05 Å². The molecule has 156 valence electrons. The maximum atomic E-state index is 13.3. The summed E-state index contributed by atoms with van der Waals surface area (Å²) in [5, 5.41) is 0. The van der Waals surface area contributed by atoms with Crippen LogP contribution in [0.1, 0.15) is 40.6 Å². The molecule has 1 fully saturated rings. The van der Waals surface area contributed by atoms with E-state index >= 15 is 0 Å². The highest BCUT2D eigenvalue weighted by molar-refractivity contribution is 5.97. The molecule has 4 heterocycles. The molecule has 4 aromatic rings. The molecule has 1 atom stereocenters. The Hall–Kier alpha value is -3.61. The number of pyridine rings is 1. The van der Waals surface area contributed by atoms with E-state index in [0.29, 0.717) is 12.1 Å². The minimum atomic E-state index is 0.0504. The van der Waals surface area contributed by atoms with Crippen LogP contribution in [0, 0.1) is 6.92 Å². The lowest BCUT2D eigenvalue weighted by Crippen LogP contribution is -2.39. The number of imidazole rings is 1. The highest BCUT2D eigenvalue weighted by atomic mass is 16.2. The molecular formula is C24H24N6O. The third-order valence-electron chi connectivity index (χ3n) is 6.18. The monoisotopic (exact) mass is 412 g/mol. The number of hydrogen-bond donors (Lipinski definition) is 0. The van der Waals surface area contributed by atoms with Gasteiger partial charge in [0.1, 0.15) is 12.2 Å². The topological polar surface area (TPSA) is 76.8 Å². The summed E-state index contributed by atoms with van der Waals surface area (Å²) in [4.78, 5) is 32.8. The average Bonchev–Trinajstić information content (AvgIpc) is 3.12. The van der Waals surface area contributed by atoms with Crippen molar-refractivity contribution in [2.24, 2.45) is 7.05 Å². The van der Waals surface area contributed by atoms with Crippen LogP contribution in [0.15, 0.2) is 55.2 Å². The van der Waals surface area contributed by atoms with E-state index < -0.39 is 0 Å². The van der Waals surface area contributed by atoms with Crippen molar-refractivity contribution in [2.45, 2.75) is 25.7 Å². The Morgan fingerprint density at radius 3 is 2.81 bits per heavy atom. The molecule has 1 aliphatic heterocycles. The molecule has 0 unspecified atom stereocenters. The normalized spacial score (nSPS) is 16.6. The van der Waals surface area contributed by atoms with Gasteiger partial charge in [-0.1, -0.05) is 0 Å². The van der Waals surface area contributed by atoms with Gasteiger partial charge in [-0.3, -0.25) is 9.78 Å². The summed E-state index contributed by atoms with van der Waals surface area (Å²) in [5.74, 6) is 1.16. The molecule has 7 heteroatoms.